The third kappa shape index (κ3) is 8.68. The van der Waals surface area contributed by atoms with E-state index in [-0.39, 0.29) is 17.8 Å². The van der Waals surface area contributed by atoms with Gasteiger partial charge in [0.2, 0.25) is 5.91 Å². The maximum atomic E-state index is 12.5. The number of pyridine rings is 1. The summed E-state index contributed by atoms with van der Waals surface area (Å²) >= 11 is 6.09. The quantitative estimate of drug-likeness (QED) is 0.191. The second kappa shape index (κ2) is 13.7. The summed E-state index contributed by atoms with van der Waals surface area (Å²) in [6.45, 7) is 0.720. The fourth-order valence-corrected chi connectivity index (χ4v) is 3.51. The zero-order chi connectivity index (χ0) is 26.6. The van der Waals surface area contributed by atoms with E-state index in [2.05, 4.69) is 26.3 Å². The van der Waals surface area contributed by atoms with Crippen molar-refractivity contribution in [2.75, 3.05) is 36.6 Å². The van der Waals surface area contributed by atoms with E-state index in [9.17, 15) is 9.59 Å². The second-order valence-corrected chi connectivity index (χ2v) is 8.48. The van der Waals surface area contributed by atoms with Crippen LogP contribution in [0.15, 0.2) is 60.8 Å². The third-order valence-corrected chi connectivity index (χ3v) is 5.52. The molecule has 0 fully saturated rings. The molecule has 0 aliphatic carbocycles. The highest BCUT2D eigenvalue weighted by atomic mass is 35.5. The monoisotopic (exact) mass is 521 g/mol. The lowest BCUT2D eigenvalue weighted by Crippen LogP contribution is -2.44. The zero-order valence-corrected chi connectivity index (χ0v) is 21.0. The van der Waals surface area contributed by atoms with E-state index in [0.29, 0.717) is 53.7 Å². The number of amides is 3. The maximum Gasteiger partial charge on any atom is 0.324 e. The van der Waals surface area contributed by atoms with Crippen LogP contribution in [0.2, 0.25) is 5.02 Å². The predicted molar refractivity (Wildman–Crippen MR) is 144 cm³/mol. The highest BCUT2D eigenvalue weighted by Crippen LogP contribution is 2.28. The molecule has 1 aromatic heterocycles. The van der Waals surface area contributed by atoms with Gasteiger partial charge in [-0.1, -0.05) is 23.7 Å². The van der Waals surface area contributed by atoms with E-state index in [1.165, 1.54) is 12.3 Å². The molecular weight excluding hydrogens is 494 g/mol. The van der Waals surface area contributed by atoms with Crippen LogP contribution < -0.4 is 31.7 Å². The van der Waals surface area contributed by atoms with Gasteiger partial charge in [0.1, 0.15) is 17.6 Å². The number of halogens is 1. The Morgan fingerprint density at radius 3 is 2.59 bits per heavy atom. The molecule has 2 aromatic carbocycles. The first kappa shape index (κ1) is 27.3. The van der Waals surface area contributed by atoms with Crippen molar-refractivity contribution in [1.29, 1.82) is 5.26 Å². The molecule has 1 unspecified atom stereocenters. The molecule has 3 aromatic rings. The topological polar surface area (TPSA) is 154 Å². The van der Waals surface area contributed by atoms with Crippen molar-refractivity contribution >= 4 is 40.7 Å². The van der Waals surface area contributed by atoms with E-state index in [4.69, 9.17) is 27.3 Å². The predicted octanol–water partition coefficient (Wildman–Crippen LogP) is 3.55. The van der Waals surface area contributed by atoms with Crippen molar-refractivity contribution in [2.45, 2.75) is 18.9 Å². The number of anilines is 3. The average molecular weight is 522 g/mol. The van der Waals surface area contributed by atoms with Crippen molar-refractivity contribution in [1.82, 2.24) is 15.6 Å². The minimum Gasteiger partial charge on any atom is -0.491 e. The Labute approximate surface area is 220 Å². The number of rotatable bonds is 11. The molecular formula is C26H28ClN7O3. The van der Waals surface area contributed by atoms with E-state index in [1.807, 2.05) is 30.3 Å². The molecule has 11 heteroatoms. The summed E-state index contributed by atoms with van der Waals surface area (Å²) < 4.78 is 5.82. The number of nitrogen functional groups attached to an aromatic ring is 1. The summed E-state index contributed by atoms with van der Waals surface area (Å²) in [5.41, 5.74) is 8.17. The zero-order valence-electron chi connectivity index (χ0n) is 20.3. The average Bonchev–Trinajstić information content (AvgIpc) is 2.89. The number of hydrogen-bond acceptors (Lipinski definition) is 7. The Balaban J connectivity index is 1.46. The Kier molecular flexibility index (Phi) is 10.1. The van der Waals surface area contributed by atoms with Gasteiger partial charge in [0, 0.05) is 23.5 Å². The number of carbonyl (C=O) groups excluding carboxylic acids is 2. The minimum atomic E-state index is -0.546. The van der Waals surface area contributed by atoms with Crippen LogP contribution in [0.4, 0.5) is 22.0 Å². The fraction of sp³-hybridized carbons (Fsp3) is 0.231. The summed E-state index contributed by atoms with van der Waals surface area (Å²) in [4.78, 5) is 29.0. The number of nitrogens with zero attached hydrogens (tertiary/aromatic N) is 2. The van der Waals surface area contributed by atoms with Crippen LogP contribution >= 0.6 is 11.6 Å². The van der Waals surface area contributed by atoms with Gasteiger partial charge in [-0.2, -0.15) is 5.26 Å². The van der Waals surface area contributed by atoms with E-state index >= 15 is 0 Å². The fourth-order valence-electron chi connectivity index (χ4n) is 3.33. The van der Waals surface area contributed by atoms with Crippen molar-refractivity contribution in [2.24, 2.45) is 0 Å². The number of carbonyl (C=O) groups is 2. The molecule has 3 amide bonds. The molecule has 6 N–H and O–H groups in total. The minimum absolute atomic E-state index is 0.110. The SMILES string of the molecule is CNC(Cc1ccc(N)cc1)C(=O)NCCCOc1ccc(Cl)cc1NC(=O)Nc1ccc(C#N)cn1. The largest absolute Gasteiger partial charge is 0.491 e. The van der Waals surface area contributed by atoms with Gasteiger partial charge in [-0.15, -0.1) is 0 Å². The van der Waals surface area contributed by atoms with Gasteiger partial charge in [-0.3, -0.25) is 10.1 Å². The third-order valence-electron chi connectivity index (χ3n) is 5.29. The summed E-state index contributed by atoms with van der Waals surface area (Å²) in [6.07, 6.45) is 2.45. The first-order chi connectivity index (χ1) is 17.9. The molecule has 37 heavy (non-hydrogen) atoms. The number of hydrogen-bond donors (Lipinski definition) is 5. The molecule has 0 spiro atoms. The molecule has 10 nitrogen and oxygen atoms in total. The van der Waals surface area contributed by atoms with Crippen LogP contribution in [0.1, 0.15) is 17.5 Å². The first-order valence-corrected chi connectivity index (χ1v) is 11.9. The van der Waals surface area contributed by atoms with Crippen LogP contribution in [-0.4, -0.2) is 43.2 Å². The Hall–Kier alpha value is -4.33. The van der Waals surface area contributed by atoms with Gasteiger partial charge in [0.05, 0.1) is 23.9 Å². The van der Waals surface area contributed by atoms with Crippen molar-refractivity contribution in [3.8, 4) is 11.8 Å². The smallest absolute Gasteiger partial charge is 0.324 e. The number of ether oxygens (including phenoxy) is 1. The number of nitrogens with one attached hydrogen (secondary N) is 4. The number of nitriles is 1. The molecule has 0 radical (unpaired) electrons. The molecule has 1 heterocycles. The number of aromatic nitrogens is 1. The molecule has 0 bridgehead atoms. The summed E-state index contributed by atoms with van der Waals surface area (Å²) in [5.74, 6) is 0.601. The van der Waals surface area contributed by atoms with E-state index in [0.717, 1.165) is 5.56 Å². The number of urea groups is 1. The standard InChI is InChI=1S/C26H28ClN7O3/c1-30-22(13-17-3-7-20(29)8-4-17)25(35)31-11-2-12-37-23-9-6-19(27)14-21(23)33-26(36)34-24-10-5-18(15-28)16-32-24/h3-10,14,16,22,30H,2,11-13,29H2,1H3,(H,31,35)(H2,32,33,34,36). The van der Waals surface area contributed by atoms with Crippen LogP contribution in [0.5, 0.6) is 5.75 Å². The Morgan fingerprint density at radius 2 is 1.92 bits per heavy atom. The molecule has 0 saturated heterocycles. The lowest BCUT2D eigenvalue weighted by Gasteiger charge is -2.17. The Morgan fingerprint density at radius 1 is 1.14 bits per heavy atom. The van der Waals surface area contributed by atoms with Gasteiger partial charge in [-0.25, -0.2) is 9.78 Å². The molecule has 0 aliphatic heterocycles. The van der Waals surface area contributed by atoms with Gasteiger partial charge in [-0.05, 0) is 67.9 Å². The highest BCUT2D eigenvalue weighted by molar-refractivity contribution is 6.31. The van der Waals surface area contributed by atoms with E-state index in [1.54, 1.807) is 31.3 Å². The van der Waals surface area contributed by atoms with E-state index < -0.39 is 6.03 Å². The van der Waals surface area contributed by atoms with Gasteiger partial charge in [0.15, 0.2) is 0 Å². The second-order valence-electron chi connectivity index (χ2n) is 8.04. The number of nitrogens with two attached hydrogens (primary N) is 1. The van der Waals surface area contributed by atoms with Crippen LogP contribution in [0, 0.1) is 11.3 Å². The van der Waals surface area contributed by atoms with Gasteiger partial charge in [0.25, 0.3) is 0 Å². The molecule has 3 rings (SSSR count). The maximum absolute atomic E-state index is 12.5. The normalized spacial score (nSPS) is 11.2. The number of likely N-dealkylation sites (N-methyl/N-ethyl adjacent to an activating group) is 1. The lowest BCUT2D eigenvalue weighted by molar-refractivity contribution is -0.123. The molecule has 192 valence electrons. The van der Waals surface area contributed by atoms with Crippen molar-refractivity contribution in [3.63, 3.8) is 0 Å². The van der Waals surface area contributed by atoms with Crippen LogP contribution in [0.25, 0.3) is 0 Å². The first-order valence-electron chi connectivity index (χ1n) is 11.5. The van der Waals surface area contributed by atoms with Crippen LogP contribution in [-0.2, 0) is 11.2 Å². The lowest BCUT2D eigenvalue weighted by atomic mass is 10.1. The number of benzene rings is 2. The molecule has 0 saturated carbocycles. The van der Waals surface area contributed by atoms with Gasteiger partial charge >= 0.3 is 6.03 Å². The van der Waals surface area contributed by atoms with Crippen molar-refractivity contribution < 1.29 is 14.3 Å². The Bertz CT molecular complexity index is 1240. The highest BCUT2D eigenvalue weighted by Gasteiger charge is 2.16. The summed E-state index contributed by atoms with van der Waals surface area (Å²) in [5, 5.41) is 20.5. The summed E-state index contributed by atoms with van der Waals surface area (Å²) in [6, 6.07) is 16.4. The van der Waals surface area contributed by atoms with Crippen molar-refractivity contribution in [3.05, 3.63) is 76.9 Å². The molecule has 0 aliphatic rings. The van der Waals surface area contributed by atoms with Gasteiger partial charge < -0.3 is 26.4 Å². The van der Waals surface area contributed by atoms with Crippen LogP contribution in [0.3, 0.4) is 0 Å². The summed E-state index contributed by atoms with van der Waals surface area (Å²) in [7, 11) is 1.74. The molecule has 1 atom stereocenters.